The van der Waals surface area contributed by atoms with Gasteiger partial charge < -0.3 is 14.5 Å². The molecule has 11 heteroatoms. The minimum atomic E-state index is -0.534. The van der Waals surface area contributed by atoms with Crippen molar-refractivity contribution < 1.29 is 17.8 Å². The third kappa shape index (κ3) is 5.91. The number of nitriles is 1. The minimum Gasteiger partial charge on any atom is -0.444 e. The number of aromatic nitrogens is 2. The summed E-state index contributed by atoms with van der Waals surface area (Å²) in [6.45, 7) is 15.1. The fourth-order valence-corrected chi connectivity index (χ4v) is 4.44. The molecule has 2 saturated heterocycles. The molecule has 2 unspecified atom stereocenters. The number of hydrogen-bond donors (Lipinski definition) is 1. The van der Waals surface area contributed by atoms with Crippen molar-refractivity contribution in [2.24, 2.45) is 0 Å². The first-order valence-corrected chi connectivity index (χ1v) is 11.7. The largest absolute Gasteiger partial charge is 0.444 e. The summed E-state index contributed by atoms with van der Waals surface area (Å²) >= 11 is 2.03. The molecule has 2 aromatic rings. The van der Waals surface area contributed by atoms with Crippen molar-refractivity contribution in [1.29, 1.82) is 5.26 Å². The van der Waals surface area contributed by atoms with E-state index < -0.39 is 11.4 Å². The molecule has 2 aliphatic heterocycles. The average Bonchev–Trinajstić information content (AvgIpc) is 3.21. The lowest BCUT2D eigenvalue weighted by Gasteiger charge is -2.51. The monoisotopic (exact) mass is 496 g/mol. The number of halogens is 2. The molecular formula is C23H34F2N6O2S. The van der Waals surface area contributed by atoms with Gasteiger partial charge >= 0.3 is 6.09 Å². The van der Waals surface area contributed by atoms with Crippen LogP contribution in [0.2, 0.25) is 0 Å². The van der Waals surface area contributed by atoms with Gasteiger partial charge in [0.1, 0.15) is 22.9 Å². The third-order valence-electron chi connectivity index (χ3n) is 5.71. The standard InChI is InChI=1S/C21H27FN6O2.C2H6.FHS/c1-14-11-26(18-6-5-15(9-23)28-19(18)17(22)10-24-28)13-16-12-25(7-8-27(14)16)20(29)30-21(2,3)4;2*1-2/h5-6,10,14,16H,7-8,11-13H2,1-4H3;1-2H3;2H. The van der Waals surface area contributed by atoms with Crippen molar-refractivity contribution in [3.8, 4) is 6.07 Å². The third-order valence-corrected chi connectivity index (χ3v) is 5.71. The summed E-state index contributed by atoms with van der Waals surface area (Å²) in [5.41, 5.74) is 0.783. The second-order valence-electron chi connectivity index (χ2n) is 9.04. The van der Waals surface area contributed by atoms with Gasteiger partial charge in [0.2, 0.25) is 0 Å². The van der Waals surface area contributed by atoms with Gasteiger partial charge in [-0.2, -0.15) is 14.2 Å². The minimum absolute atomic E-state index is 0.108. The predicted octanol–water partition coefficient (Wildman–Crippen LogP) is 4.30. The fraction of sp³-hybridized carbons (Fsp3) is 0.609. The Labute approximate surface area is 205 Å². The van der Waals surface area contributed by atoms with E-state index in [-0.39, 0.29) is 23.9 Å². The predicted molar refractivity (Wildman–Crippen MR) is 131 cm³/mol. The van der Waals surface area contributed by atoms with E-state index in [9.17, 15) is 18.3 Å². The van der Waals surface area contributed by atoms with Crippen LogP contribution in [-0.4, -0.2) is 75.9 Å². The van der Waals surface area contributed by atoms with E-state index in [0.29, 0.717) is 30.8 Å². The first kappa shape index (κ1) is 27.7. The number of thiol groups is 1. The maximum absolute atomic E-state index is 14.5. The molecule has 1 amide bonds. The van der Waals surface area contributed by atoms with E-state index in [2.05, 4.69) is 27.9 Å². The first-order valence-electron chi connectivity index (χ1n) is 11.4. The fourth-order valence-electron chi connectivity index (χ4n) is 4.44. The van der Waals surface area contributed by atoms with E-state index in [1.165, 1.54) is 4.52 Å². The van der Waals surface area contributed by atoms with Crippen LogP contribution in [0.4, 0.5) is 18.8 Å². The molecule has 0 aromatic carbocycles. The molecule has 2 atom stereocenters. The van der Waals surface area contributed by atoms with E-state index in [1.807, 2.05) is 47.6 Å². The Bertz CT molecular complexity index is 1020. The van der Waals surface area contributed by atoms with Crippen LogP contribution in [0.15, 0.2) is 18.3 Å². The first-order chi connectivity index (χ1) is 16.2. The van der Waals surface area contributed by atoms with Gasteiger partial charge in [0.25, 0.3) is 0 Å². The van der Waals surface area contributed by atoms with E-state index in [0.717, 1.165) is 19.3 Å². The number of ether oxygens (including phenoxy) is 1. The summed E-state index contributed by atoms with van der Waals surface area (Å²) in [7, 11) is 0. The second-order valence-corrected chi connectivity index (χ2v) is 9.04. The average molecular weight is 497 g/mol. The highest BCUT2D eigenvalue weighted by Gasteiger charge is 2.39. The molecule has 8 nitrogen and oxygen atoms in total. The lowest BCUT2D eigenvalue weighted by Crippen LogP contribution is -2.66. The van der Waals surface area contributed by atoms with Crippen molar-refractivity contribution >= 4 is 30.3 Å². The van der Waals surface area contributed by atoms with Gasteiger partial charge in [-0.05, 0) is 39.8 Å². The number of nitrogens with zero attached hydrogens (tertiary/aromatic N) is 6. The lowest BCUT2D eigenvalue weighted by atomic mass is 10.0. The van der Waals surface area contributed by atoms with Crippen LogP contribution in [0, 0.1) is 17.1 Å². The van der Waals surface area contributed by atoms with Crippen molar-refractivity contribution in [3.05, 3.63) is 29.8 Å². The van der Waals surface area contributed by atoms with E-state index in [1.54, 1.807) is 17.0 Å². The number of pyridine rings is 1. The molecule has 0 bridgehead atoms. The smallest absolute Gasteiger partial charge is 0.410 e. The number of hydrogen-bond acceptors (Lipinski definition) is 7. The SMILES string of the molecule is CC.CC1CN(c2ccc(C#N)n3ncc(F)c23)CC2CN(C(=O)OC(C)(C)C)CCN12.FS. The molecule has 0 spiro atoms. The van der Waals surface area contributed by atoms with Crippen LogP contribution < -0.4 is 4.90 Å². The van der Waals surface area contributed by atoms with Gasteiger partial charge in [0.15, 0.2) is 5.82 Å². The van der Waals surface area contributed by atoms with Gasteiger partial charge in [-0.3, -0.25) is 4.90 Å². The zero-order valence-electron chi connectivity index (χ0n) is 20.6. The maximum atomic E-state index is 14.5. The molecule has 4 heterocycles. The highest BCUT2D eigenvalue weighted by atomic mass is 32.1. The van der Waals surface area contributed by atoms with Gasteiger partial charge in [0, 0.05) is 57.8 Å². The van der Waals surface area contributed by atoms with Crippen molar-refractivity contribution in [2.75, 3.05) is 37.6 Å². The normalized spacial score (nSPS) is 20.4. The van der Waals surface area contributed by atoms with Crippen LogP contribution in [0.3, 0.4) is 0 Å². The van der Waals surface area contributed by atoms with E-state index in [4.69, 9.17) is 4.74 Å². The number of carbonyl (C=O) groups excluding carboxylic acids is 1. The number of fused-ring (bicyclic) bond motifs is 2. The molecule has 188 valence electrons. The molecule has 0 radical (unpaired) electrons. The molecule has 34 heavy (non-hydrogen) atoms. The Morgan fingerprint density at radius 2 is 1.88 bits per heavy atom. The summed E-state index contributed by atoms with van der Waals surface area (Å²) in [6.07, 6.45) is 0.846. The summed E-state index contributed by atoms with van der Waals surface area (Å²) in [4.78, 5) is 18.9. The summed E-state index contributed by atoms with van der Waals surface area (Å²) < 4.78 is 30.6. The molecule has 2 aliphatic rings. The Kier molecular flexibility index (Phi) is 9.53. The highest BCUT2D eigenvalue weighted by Crippen LogP contribution is 2.30. The van der Waals surface area contributed by atoms with Crippen LogP contribution in [0.25, 0.3) is 5.52 Å². The van der Waals surface area contributed by atoms with E-state index >= 15 is 0 Å². The Morgan fingerprint density at radius 3 is 2.50 bits per heavy atom. The number of amides is 1. The molecule has 2 fully saturated rings. The van der Waals surface area contributed by atoms with Gasteiger partial charge in [-0.25, -0.2) is 13.7 Å². The number of rotatable bonds is 1. The van der Waals surface area contributed by atoms with Crippen molar-refractivity contribution in [2.45, 2.75) is 59.2 Å². The summed E-state index contributed by atoms with van der Waals surface area (Å²) in [5, 5.41) is 13.3. The molecule has 2 aromatic heterocycles. The van der Waals surface area contributed by atoms with Crippen molar-refractivity contribution in [3.63, 3.8) is 0 Å². The van der Waals surface area contributed by atoms with Crippen LogP contribution >= 0.6 is 13.0 Å². The number of carbonyl (C=O) groups is 1. The molecule has 4 rings (SSSR count). The van der Waals surface area contributed by atoms with Crippen molar-refractivity contribution in [1.82, 2.24) is 19.4 Å². The summed E-state index contributed by atoms with van der Waals surface area (Å²) in [5.74, 6) is -0.448. The van der Waals surface area contributed by atoms with Gasteiger partial charge in [0.05, 0.1) is 11.9 Å². The Hall–Kier alpha value is -2.58. The molecule has 0 aliphatic carbocycles. The zero-order valence-corrected chi connectivity index (χ0v) is 21.5. The zero-order chi connectivity index (χ0) is 25.6. The van der Waals surface area contributed by atoms with Crippen LogP contribution in [0.5, 0.6) is 0 Å². The Balaban J connectivity index is 0.000000970. The number of piperazine rings is 2. The molecule has 0 N–H and O–H groups in total. The quantitative estimate of drug-likeness (QED) is 0.593. The maximum Gasteiger partial charge on any atom is 0.410 e. The summed E-state index contributed by atoms with van der Waals surface area (Å²) in [6, 6.07) is 5.86. The highest BCUT2D eigenvalue weighted by molar-refractivity contribution is 7.74. The Morgan fingerprint density at radius 1 is 1.21 bits per heavy atom. The number of anilines is 1. The lowest BCUT2D eigenvalue weighted by molar-refractivity contribution is -0.00655. The topological polar surface area (TPSA) is 77.1 Å². The van der Waals surface area contributed by atoms with Crippen LogP contribution in [0.1, 0.15) is 47.2 Å². The molecular weight excluding hydrogens is 462 g/mol. The molecule has 0 saturated carbocycles. The second kappa shape index (κ2) is 11.7. The van der Waals surface area contributed by atoms with Gasteiger partial charge in [-0.15, -0.1) is 0 Å². The van der Waals surface area contributed by atoms with Crippen LogP contribution in [-0.2, 0) is 4.74 Å². The van der Waals surface area contributed by atoms with Gasteiger partial charge in [-0.1, -0.05) is 13.8 Å².